The molecule has 0 unspecified atom stereocenters. The molecule has 17 heavy (non-hydrogen) atoms. The highest BCUT2D eigenvalue weighted by Gasteiger charge is 2.20. The van der Waals surface area contributed by atoms with Gasteiger partial charge in [-0.1, -0.05) is 0 Å². The van der Waals surface area contributed by atoms with Crippen LogP contribution < -0.4 is 9.47 Å². The molecule has 1 rings (SSSR count). The molecule has 0 fully saturated rings. The van der Waals surface area contributed by atoms with Crippen molar-refractivity contribution >= 4 is 21.8 Å². The Morgan fingerprint density at radius 1 is 1.29 bits per heavy atom. The highest BCUT2D eigenvalue weighted by molar-refractivity contribution is 9.10. The van der Waals surface area contributed by atoms with E-state index in [2.05, 4.69) is 20.9 Å². The van der Waals surface area contributed by atoms with E-state index in [1.54, 1.807) is 6.07 Å². The molecule has 6 nitrogen and oxygen atoms in total. The molecule has 1 amide bonds. The lowest BCUT2D eigenvalue weighted by Gasteiger charge is -2.16. The zero-order chi connectivity index (χ0) is 13.0. The molecule has 1 aromatic heterocycles. The van der Waals surface area contributed by atoms with Crippen LogP contribution in [0.1, 0.15) is 10.4 Å². The third kappa shape index (κ3) is 2.86. The van der Waals surface area contributed by atoms with Crippen LogP contribution in [0.25, 0.3) is 0 Å². The molecule has 0 bridgehead atoms. The van der Waals surface area contributed by atoms with E-state index in [9.17, 15) is 4.79 Å². The van der Waals surface area contributed by atoms with Gasteiger partial charge in [0.1, 0.15) is 5.56 Å². The summed E-state index contributed by atoms with van der Waals surface area (Å²) in [6.07, 6.45) is 0. The SMILES string of the molecule is COc1nc(OC)c(C(=O)N(C)OC)cc1Br. The molecule has 1 aromatic rings. The Bertz CT molecular complexity index is 425. The molecule has 94 valence electrons. The van der Waals surface area contributed by atoms with Gasteiger partial charge in [-0.15, -0.1) is 0 Å². The second-order valence-electron chi connectivity index (χ2n) is 3.02. The summed E-state index contributed by atoms with van der Waals surface area (Å²) >= 11 is 3.26. The van der Waals surface area contributed by atoms with Crippen LogP contribution in [-0.4, -0.2) is 44.3 Å². The molecule has 0 radical (unpaired) electrons. The van der Waals surface area contributed by atoms with Gasteiger partial charge in [-0.2, -0.15) is 4.98 Å². The topological polar surface area (TPSA) is 60.9 Å². The molecule has 0 saturated carbocycles. The Balaban J connectivity index is 3.23. The van der Waals surface area contributed by atoms with Crippen LogP contribution in [0.2, 0.25) is 0 Å². The minimum absolute atomic E-state index is 0.180. The van der Waals surface area contributed by atoms with E-state index in [-0.39, 0.29) is 17.4 Å². The highest BCUT2D eigenvalue weighted by Crippen LogP contribution is 2.29. The summed E-state index contributed by atoms with van der Waals surface area (Å²) in [6, 6.07) is 1.57. The summed E-state index contributed by atoms with van der Waals surface area (Å²) in [5.41, 5.74) is 0.282. The molecule has 0 aliphatic carbocycles. The number of carbonyl (C=O) groups excluding carboxylic acids is 1. The normalized spacial score (nSPS) is 9.94. The number of amides is 1. The Labute approximate surface area is 108 Å². The lowest BCUT2D eigenvalue weighted by Crippen LogP contribution is -2.26. The van der Waals surface area contributed by atoms with Crippen LogP contribution in [0.3, 0.4) is 0 Å². The smallest absolute Gasteiger partial charge is 0.282 e. The first-order valence-electron chi connectivity index (χ1n) is 4.65. The van der Waals surface area contributed by atoms with E-state index in [1.807, 2.05) is 0 Å². The largest absolute Gasteiger partial charge is 0.480 e. The first kappa shape index (κ1) is 13.7. The fourth-order valence-electron chi connectivity index (χ4n) is 1.16. The van der Waals surface area contributed by atoms with E-state index in [4.69, 9.17) is 14.3 Å². The number of rotatable bonds is 4. The molecule has 0 atom stereocenters. The Morgan fingerprint density at radius 2 is 1.88 bits per heavy atom. The van der Waals surface area contributed by atoms with Gasteiger partial charge in [0, 0.05) is 7.05 Å². The Morgan fingerprint density at radius 3 is 2.35 bits per heavy atom. The zero-order valence-electron chi connectivity index (χ0n) is 9.98. The van der Waals surface area contributed by atoms with E-state index < -0.39 is 0 Å². The van der Waals surface area contributed by atoms with Crippen molar-refractivity contribution in [2.75, 3.05) is 28.4 Å². The second kappa shape index (κ2) is 5.83. The molecule has 1 heterocycles. The van der Waals surface area contributed by atoms with Crippen LogP contribution in [-0.2, 0) is 4.84 Å². The number of ether oxygens (including phenoxy) is 2. The van der Waals surface area contributed by atoms with Crippen molar-refractivity contribution in [2.24, 2.45) is 0 Å². The highest BCUT2D eigenvalue weighted by atomic mass is 79.9. The van der Waals surface area contributed by atoms with Gasteiger partial charge in [-0.05, 0) is 22.0 Å². The average molecular weight is 305 g/mol. The van der Waals surface area contributed by atoms with Crippen LogP contribution in [0, 0.1) is 0 Å². The summed E-state index contributed by atoms with van der Waals surface area (Å²) in [5.74, 6) is 0.164. The van der Waals surface area contributed by atoms with Crippen molar-refractivity contribution in [3.05, 3.63) is 16.1 Å². The summed E-state index contributed by atoms with van der Waals surface area (Å²) in [5, 5.41) is 1.08. The van der Waals surface area contributed by atoms with Crippen LogP contribution in [0.5, 0.6) is 11.8 Å². The monoisotopic (exact) mass is 304 g/mol. The van der Waals surface area contributed by atoms with Gasteiger partial charge in [0.15, 0.2) is 0 Å². The van der Waals surface area contributed by atoms with E-state index in [0.29, 0.717) is 10.4 Å². The van der Waals surface area contributed by atoms with E-state index >= 15 is 0 Å². The predicted octanol–water partition coefficient (Wildman–Crippen LogP) is 1.49. The number of nitrogens with zero attached hydrogens (tertiary/aromatic N) is 2. The van der Waals surface area contributed by atoms with Crippen LogP contribution >= 0.6 is 15.9 Å². The number of halogens is 1. The molecular formula is C10H13BrN2O4. The van der Waals surface area contributed by atoms with Crippen molar-refractivity contribution < 1.29 is 19.1 Å². The Kier molecular flexibility index (Phi) is 4.71. The lowest BCUT2D eigenvalue weighted by atomic mass is 10.2. The molecule has 0 aliphatic heterocycles. The van der Waals surface area contributed by atoms with Gasteiger partial charge in [0.2, 0.25) is 11.8 Å². The maximum absolute atomic E-state index is 11.9. The van der Waals surface area contributed by atoms with Gasteiger partial charge in [0.05, 0.1) is 25.8 Å². The second-order valence-corrected chi connectivity index (χ2v) is 3.88. The van der Waals surface area contributed by atoms with Gasteiger partial charge >= 0.3 is 0 Å². The Hall–Kier alpha value is -1.34. The fourth-order valence-corrected chi connectivity index (χ4v) is 1.64. The summed E-state index contributed by atoms with van der Waals surface area (Å²) in [4.78, 5) is 20.8. The number of methoxy groups -OCH3 is 2. The van der Waals surface area contributed by atoms with Gasteiger partial charge in [-0.25, -0.2) is 5.06 Å². The van der Waals surface area contributed by atoms with E-state index in [0.717, 1.165) is 5.06 Å². The standard InChI is InChI=1S/C10H13BrN2O4/c1-13(17-4)10(14)6-5-7(11)9(16-3)12-8(6)15-2/h5H,1-4H3. The van der Waals surface area contributed by atoms with Crippen LogP contribution in [0.4, 0.5) is 0 Å². The molecular weight excluding hydrogens is 292 g/mol. The van der Waals surface area contributed by atoms with Gasteiger partial charge in [0.25, 0.3) is 5.91 Å². The minimum Gasteiger partial charge on any atom is -0.480 e. The first-order chi connectivity index (χ1) is 8.04. The number of hydroxylamine groups is 2. The van der Waals surface area contributed by atoms with Crippen LogP contribution in [0.15, 0.2) is 10.5 Å². The predicted molar refractivity (Wildman–Crippen MR) is 64.1 cm³/mol. The van der Waals surface area contributed by atoms with Crippen molar-refractivity contribution in [3.8, 4) is 11.8 Å². The summed E-state index contributed by atoms with van der Waals surface area (Å²) in [6.45, 7) is 0. The number of pyridine rings is 1. The average Bonchev–Trinajstić information content (AvgIpc) is 2.36. The zero-order valence-corrected chi connectivity index (χ0v) is 11.6. The third-order valence-electron chi connectivity index (χ3n) is 2.09. The summed E-state index contributed by atoms with van der Waals surface area (Å²) < 4.78 is 10.6. The third-order valence-corrected chi connectivity index (χ3v) is 2.65. The number of hydrogen-bond acceptors (Lipinski definition) is 5. The van der Waals surface area contributed by atoms with Gasteiger partial charge in [-0.3, -0.25) is 9.63 Å². The van der Waals surface area contributed by atoms with Crippen molar-refractivity contribution in [3.63, 3.8) is 0 Å². The fraction of sp³-hybridized carbons (Fsp3) is 0.400. The van der Waals surface area contributed by atoms with Crippen molar-refractivity contribution in [1.29, 1.82) is 0 Å². The first-order valence-corrected chi connectivity index (χ1v) is 5.45. The molecule has 0 spiro atoms. The molecule has 0 N–H and O–H groups in total. The molecule has 7 heteroatoms. The summed E-state index contributed by atoms with van der Waals surface area (Å²) in [7, 11) is 5.81. The maximum atomic E-state index is 11.9. The number of aromatic nitrogens is 1. The maximum Gasteiger partial charge on any atom is 0.282 e. The van der Waals surface area contributed by atoms with Gasteiger partial charge < -0.3 is 9.47 Å². The molecule has 0 saturated heterocycles. The number of hydrogen-bond donors (Lipinski definition) is 0. The molecule has 0 aliphatic rings. The lowest BCUT2D eigenvalue weighted by molar-refractivity contribution is -0.0758. The molecule has 0 aromatic carbocycles. The van der Waals surface area contributed by atoms with Crippen molar-refractivity contribution in [2.45, 2.75) is 0 Å². The van der Waals surface area contributed by atoms with E-state index in [1.165, 1.54) is 28.4 Å². The van der Waals surface area contributed by atoms with Crippen molar-refractivity contribution in [1.82, 2.24) is 10.0 Å². The number of carbonyl (C=O) groups is 1. The quantitative estimate of drug-likeness (QED) is 0.789. The minimum atomic E-state index is -0.361.